The van der Waals surface area contributed by atoms with Gasteiger partial charge in [0.05, 0.1) is 19.3 Å². The lowest BCUT2D eigenvalue weighted by Crippen LogP contribution is -2.44. The molecular weight excluding hydrogens is 178 g/mol. The summed E-state index contributed by atoms with van der Waals surface area (Å²) in [6.45, 7) is 3.01. The van der Waals surface area contributed by atoms with Crippen LogP contribution in [0.15, 0.2) is 0 Å². The first-order valence-corrected chi connectivity index (χ1v) is 5.67. The van der Waals surface area contributed by atoms with Crippen LogP contribution in [-0.4, -0.2) is 37.5 Å². The lowest BCUT2D eigenvalue weighted by molar-refractivity contribution is 0.118. The van der Waals surface area contributed by atoms with Gasteiger partial charge in [-0.05, 0) is 18.8 Å². The molecule has 0 saturated heterocycles. The molecule has 0 amide bonds. The molecule has 3 unspecified atom stereocenters. The fourth-order valence-electron chi connectivity index (χ4n) is 2.40. The summed E-state index contributed by atoms with van der Waals surface area (Å²) >= 11 is 0. The minimum Gasteiger partial charge on any atom is -0.395 e. The summed E-state index contributed by atoms with van der Waals surface area (Å²) < 4.78 is 5.05. The Bertz CT molecular complexity index is 152. The number of nitrogens with one attached hydrogen (secondary N) is 1. The van der Waals surface area contributed by atoms with Gasteiger partial charge >= 0.3 is 0 Å². The van der Waals surface area contributed by atoms with E-state index in [1.54, 1.807) is 7.11 Å². The number of hydrogen-bond acceptors (Lipinski definition) is 3. The van der Waals surface area contributed by atoms with Crippen LogP contribution >= 0.6 is 0 Å². The Morgan fingerprint density at radius 2 is 2.29 bits per heavy atom. The van der Waals surface area contributed by atoms with Crippen molar-refractivity contribution in [1.82, 2.24) is 5.32 Å². The molecule has 0 aromatic carbocycles. The van der Waals surface area contributed by atoms with Crippen molar-refractivity contribution in [3.63, 3.8) is 0 Å². The molecule has 0 aromatic heterocycles. The van der Waals surface area contributed by atoms with Crippen LogP contribution in [0.25, 0.3) is 0 Å². The smallest absolute Gasteiger partial charge is 0.0638 e. The molecule has 0 aliphatic heterocycles. The van der Waals surface area contributed by atoms with Gasteiger partial charge in [-0.1, -0.05) is 19.8 Å². The molecular formula is C11H23NO2. The minimum absolute atomic E-state index is 0.108. The van der Waals surface area contributed by atoms with Gasteiger partial charge in [0.1, 0.15) is 0 Å². The summed E-state index contributed by atoms with van der Waals surface area (Å²) in [5.41, 5.74) is 0. The molecule has 1 aliphatic rings. The Balaban J connectivity index is 2.32. The Hall–Kier alpha value is -0.120. The Kier molecular flexibility index (Phi) is 5.45. The zero-order valence-corrected chi connectivity index (χ0v) is 9.33. The van der Waals surface area contributed by atoms with Crippen LogP contribution in [0.1, 0.15) is 32.6 Å². The third kappa shape index (κ3) is 3.23. The van der Waals surface area contributed by atoms with E-state index in [9.17, 15) is 0 Å². The maximum absolute atomic E-state index is 9.13. The van der Waals surface area contributed by atoms with Crippen LogP contribution in [0.2, 0.25) is 0 Å². The minimum atomic E-state index is 0.108. The third-order valence-corrected chi connectivity index (χ3v) is 3.22. The highest BCUT2D eigenvalue weighted by molar-refractivity contribution is 4.84. The van der Waals surface area contributed by atoms with Crippen molar-refractivity contribution in [2.24, 2.45) is 5.92 Å². The molecule has 2 N–H and O–H groups in total. The van der Waals surface area contributed by atoms with Crippen molar-refractivity contribution in [3.8, 4) is 0 Å². The average Bonchev–Trinajstić information content (AvgIpc) is 2.64. The quantitative estimate of drug-likeness (QED) is 0.677. The number of ether oxygens (including phenoxy) is 1. The fraction of sp³-hybridized carbons (Fsp3) is 1.00. The summed E-state index contributed by atoms with van der Waals surface area (Å²) in [5.74, 6) is 0.793. The zero-order chi connectivity index (χ0) is 10.4. The number of aliphatic hydroxyl groups is 1. The molecule has 0 aromatic rings. The van der Waals surface area contributed by atoms with Gasteiger partial charge in [-0.15, -0.1) is 0 Å². The predicted octanol–water partition coefficient (Wildman–Crippen LogP) is 1.16. The number of rotatable bonds is 6. The van der Waals surface area contributed by atoms with E-state index in [-0.39, 0.29) is 12.6 Å². The number of methoxy groups -OCH3 is 1. The molecule has 0 bridgehead atoms. The topological polar surface area (TPSA) is 41.5 Å². The first-order chi connectivity index (χ1) is 6.81. The van der Waals surface area contributed by atoms with E-state index in [4.69, 9.17) is 9.84 Å². The van der Waals surface area contributed by atoms with Crippen molar-refractivity contribution in [3.05, 3.63) is 0 Å². The van der Waals surface area contributed by atoms with E-state index < -0.39 is 0 Å². The van der Waals surface area contributed by atoms with Crippen molar-refractivity contribution in [1.29, 1.82) is 0 Å². The molecule has 1 saturated carbocycles. The Labute approximate surface area is 86.8 Å². The van der Waals surface area contributed by atoms with Crippen LogP contribution in [0.4, 0.5) is 0 Å². The van der Waals surface area contributed by atoms with E-state index in [2.05, 4.69) is 12.2 Å². The molecule has 84 valence electrons. The van der Waals surface area contributed by atoms with Gasteiger partial charge in [-0.2, -0.15) is 0 Å². The monoisotopic (exact) mass is 201 g/mol. The molecule has 1 rings (SSSR count). The maximum atomic E-state index is 9.13. The molecule has 3 atom stereocenters. The van der Waals surface area contributed by atoms with Gasteiger partial charge in [-0.25, -0.2) is 0 Å². The first kappa shape index (κ1) is 12.0. The first-order valence-electron chi connectivity index (χ1n) is 5.67. The van der Waals surface area contributed by atoms with Crippen LogP contribution < -0.4 is 5.32 Å². The second-order valence-electron chi connectivity index (χ2n) is 4.21. The molecule has 14 heavy (non-hydrogen) atoms. The average molecular weight is 201 g/mol. The van der Waals surface area contributed by atoms with Crippen molar-refractivity contribution in [2.75, 3.05) is 20.3 Å². The highest BCUT2D eigenvalue weighted by Crippen LogP contribution is 2.28. The summed E-state index contributed by atoms with van der Waals surface area (Å²) in [6.07, 6.45) is 5.14. The van der Waals surface area contributed by atoms with Crippen LogP contribution in [0, 0.1) is 5.92 Å². The van der Waals surface area contributed by atoms with Gasteiger partial charge in [-0.3, -0.25) is 0 Å². The summed E-state index contributed by atoms with van der Waals surface area (Å²) in [4.78, 5) is 0. The van der Waals surface area contributed by atoms with E-state index in [1.165, 1.54) is 25.7 Å². The molecule has 3 nitrogen and oxygen atoms in total. The van der Waals surface area contributed by atoms with E-state index in [0.29, 0.717) is 12.6 Å². The Morgan fingerprint density at radius 3 is 2.86 bits per heavy atom. The van der Waals surface area contributed by atoms with Crippen LogP contribution in [0.5, 0.6) is 0 Å². The lowest BCUT2D eigenvalue weighted by atomic mass is 10.00. The Morgan fingerprint density at radius 1 is 1.50 bits per heavy atom. The van der Waals surface area contributed by atoms with E-state index in [1.807, 2.05) is 0 Å². The molecule has 0 spiro atoms. The number of hydrogen-bond donors (Lipinski definition) is 2. The van der Waals surface area contributed by atoms with Gasteiger partial charge in [0.25, 0.3) is 0 Å². The van der Waals surface area contributed by atoms with Crippen molar-refractivity contribution in [2.45, 2.75) is 44.7 Å². The normalized spacial score (nSPS) is 29.4. The third-order valence-electron chi connectivity index (χ3n) is 3.22. The van der Waals surface area contributed by atoms with Crippen LogP contribution in [-0.2, 0) is 4.74 Å². The lowest BCUT2D eigenvalue weighted by Gasteiger charge is -2.25. The fourth-order valence-corrected chi connectivity index (χ4v) is 2.40. The van der Waals surface area contributed by atoms with Crippen molar-refractivity contribution >= 4 is 0 Å². The number of aliphatic hydroxyl groups excluding tert-OH is 1. The second kappa shape index (κ2) is 6.38. The van der Waals surface area contributed by atoms with Crippen LogP contribution in [0.3, 0.4) is 0 Å². The van der Waals surface area contributed by atoms with Gasteiger partial charge in [0, 0.05) is 13.2 Å². The summed E-state index contributed by atoms with van der Waals surface area (Å²) in [7, 11) is 1.68. The molecule has 0 heterocycles. The molecule has 1 fully saturated rings. The van der Waals surface area contributed by atoms with Crippen molar-refractivity contribution < 1.29 is 9.84 Å². The second-order valence-corrected chi connectivity index (χ2v) is 4.21. The van der Waals surface area contributed by atoms with Gasteiger partial charge in [0.2, 0.25) is 0 Å². The van der Waals surface area contributed by atoms with E-state index in [0.717, 1.165) is 5.92 Å². The largest absolute Gasteiger partial charge is 0.395 e. The predicted molar refractivity (Wildman–Crippen MR) is 57.3 cm³/mol. The highest BCUT2D eigenvalue weighted by Gasteiger charge is 2.27. The molecule has 1 aliphatic carbocycles. The zero-order valence-electron chi connectivity index (χ0n) is 9.33. The highest BCUT2D eigenvalue weighted by atomic mass is 16.5. The summed E-state index contributed by atoms with van der Waals surface area (Å²) in [6, 6.07) is 0.699. The van der Waals surface area contributed by atoms with Gasteiger partial charge in [0.15, 0.2) is 0 Å². The summed E-state index contributed by atoms with van der Waals surface area (Å²) in [5, 5.41) is 12.6. The standard InChI is InChI=1S/C11H23NO2/c1-3-9-5-4-6-11(9)12-10(7-13)8-14-2/h9-13H,3-8H2,1-2H3. The maximum Gasteiger partial charge on any atom is 0.0638 e. The van der Waals surface area contributed by atoms with Gasteiger partial charge < -0.3 is 15.2 Å². The molecule has 3 heteroatoms. The SMILES string of the molecule is CCC1CCCC1NC(CO)COC. The molecule has 0 radical (unpaired) electrons. The van der Waals surface area contributed by atoms with E-state index >= 15 is 0 Å².